The van der Waals surface area contributed by atoms with Crippen molar-refractivity contribution in [3.8, 4) is 5.75 Å². The lowest BCUT2D eigenvalue weighted by molar-refractivity contribution is 0.414. The Morgan fingerprint density at radius 2 is 2.08 bits per heavy atom. The molecule has 0 atom stereocenters. The summed E-state index contributed by atoms with van der Waals surface area (Å²) in [5, 5.41) is 10.0. The largest absolute Gasteiger partial charge is 0.497 e. The molecule has 13 heavy (non-hydrogen) atoms. The van der Waals surface area contributed by atoms with E-state index in [1.165, 1.54) is 0 Å². The molecule has 0 bridgehead atoms. The highest BCUT2D eigenvalue weighted by Gasteiger charge is 1.93. The first-order chi connectivity index (χ1) is 6.22. The van der Waals surface area contributed by atoms with Gasteiger partial charge in [0.2, 0.25) is 0 Å². The Kier molecular flexibility index (Phi) is 3.64. The first-order valence-electron chi connectivity index (χ1n) is 3.86. The van der Waals surface area contributed by atoms with Crippen LogP contribution in [-0.2, 0) is 6.54 Å². The van der Waals surface area contributed by atoms with Gasteiger partial charge >= 0.3 is 0 Å². The molecule has 0 radical (unpaired) electrons. The zero-order valence-corrected chi connectivity index (χ0v) is 8.27. The van der Waals surface area contributed by atoms with Crippen molar-refractivity contribution in [1.82, 2.24) is 5.32 Å². The number of nitrogens with one attached hydrogen (secondary N) is 2. The van der Waals surface area contributed by atoms with Crippen LogP contribution in [-0.4, -0.2) is 12.3 Å². The molecule has 2 N–H and O–H groups in total. The number of benzene rings is 1. The van der Waals surface area contributed by atoms with E-state index in [9.17, 15) is 0 Å². The van der Waals surface area contributed by atoms with Crippen LogP contribution in [0.5, 0.6) is 5.75 Å². The molecule has 1 aromatic carbocycles. The molecule has 1 aromatic rings. The molecule has 0 aromatic heterocycles. The number of hydrogen-bond donors (Lipinski definition) is 3. The third kappa shape index (κ3) is 3.38. The van der Waals surface area contributed by atoms with E-state index in [1.807, 2.05) is 24.3 Å². The fraction of sp³-hybridized carbons (Fsp3) is 0.222. The molecule has 1 rings (SSSR count). The first kappa shape index (κ1) is 9.92. The minimum Gasteiger partial charge on any atom is -0.497 e. The van der Waals surface area contributed by atoms with E-state index >= 15 is 0 Å². The van der Waals surface area contributed by atoms with Crippen LogP contribution in [0, 0.1) is 5.41 Å². The highest BCUT2D eigenvalue weighted by Crippen LogP contribution is 2.10. The molecule has 4 heteroatoms. The van der Waals surface area contributed by atoms with Gasteiger partial charge in [-0.3, -0.25) is 5.41 Å². The molecule has 0 heterocycles. The summed E-state index contributed by atoms with van der Waals surface area (Å²) in [6.45, 7) is 0.617. The number of methoxy groups -OCH3 is 1. The van der Waals surface area contributed by atoms with Crippen molar-refractivity contribution < 1.29 is 4.74 Å². The summed E-state index contributed by atoms with van der Waals surface area (Å²) in [6, 6.07) is 7.67. The lowest BCUT2D eigenvalue weighted by Crippen LogP contribution is -2.16. The van der Waals surface area contributed by atoms with Crippen LogP contribution in [0.4, 0.5) is 0 Å². The van der Waals surface area contributed by atoms with E-state index in [0.29, 0.717) is 6.54 Å². The number of ether oxygens (including phenoxy) is 1. The van der Waals surface area contributed by atoms with Crippen molar-refractivity contribution in [1.29, 1.82) is 5.41 Å². The van der Waals surface area contributed by atoms with Crippen molar-refractivity contribution in [2.45, 2.75) is 6.54 Å². The molecule has 0 saturated carbocycles. The van der Waals surface area contributed by atoms with Crippen LogP contribution in [0.25, 0.3) is 0 Å². The molecule has 0 aliphatic rings. The monoisotopic (exact) mass is 196 g/mol. The van der Waals surface area contributed by atoms with Crippen LogP contribution in [0.2, 0.25) is 0 Å². The normalized spacial score (nSPS) is 9.38. The highest BCUT2D eigenvalue weighted by molar-refractivity contribution is 7.96. The molecule has 0 fully saturated rings. The van der Waals surface area contributed by atoms with Gasteiger partial charge < -0.3 is 10.1 Å². The molecule has 0 aliphatic heterocycles. The minimum atomic E-state index is 0.177. The summed E-state index contributed by atoms with van der Waals surface area (Å²) < 4.78 is 5.02. The predicted molar refractivity (Wildman–Crippen MR) is 56.5 cm³/mol. The lowest BCUT2D eigenvalue weighted by Gasteiger charge is -2.04. The Bertz CT molecular complexity index is 284. The Labute approximate surface area is 83.0 Å². The maximum Gasteiger partial charge on any atom is 0.150 e. The number of hydrogen-bond acceptors (Lipinski definition) is 2. The number of rotatable bonds is 3. The zero-order chi connectivity index (χ0) is 9.68. The smallest absolute Gasteiger partial charge is 0.150 e. The summed E-state index contributed by atoms with van der Waals surface area (Å²) in [5.74, 6) is 0.838. The summed E-state index contributed by atoms with van der Waals surface area (Å²) in [7, 11) is 1.64. The molecule has 70 valence electrons. The van der Waals surface area contributed by atoms with Crippen LogP contribution in [0.3, 0.4) is 0 Å². The third-order valence-corrected chi connectivity index (χ3v) is 1.78. The van der Waals surface area contributed by atoms with E-state index < -0.39 is 0 Å². The fourth-order valence-corrected chi connectivity index (χ4v) is 1.01. The second-order valence-electron chi connectivity index (χ2n) is 2.55. The minimum absolute atomic E-state index is 0.177. The Balaban J connectivity index is 2.54. The van der Waals surface area contributed by atoms with Gasteiger partial charge in [-0.2, -0.15) is 0 Å². The van der Waals surface area contributed by atoms with Crippen LogP contribution < -0.4 is 10.1 Å². The summed E-state index contributed by atoms with van der Waals surface area (Å²) in [5.41, 5.74) is 1.10. The SMILES string of the molecule is COc1ccc(CNC(=N)S)cc1. The van der Waals surface area contributed by atoms with Gasteiger partial charge in [0.25, 0.3) is 0 Å². The second kappa shape index (κ2) is 4.77. The van der Waals surface area contributed by atoms with Crippen LogP contribution >= 0.6 is 12.6 Å². The molecular weight excluding hydrogens is 184 g/mol. The molecule has 0 spiro atoms. The Morgan fingerprint density at radius 1 is 1.46 bits per heavy atom. The van der Waals surface area contributed by atoms with Crippen LogP contribution in [0.15, 0.2) is 24.3 Å². The maximum atomic E-state index is 7.05. The van der Waals surface area contributed by atoms with Gasteiger partial charge in [0, 0.05) is 6.54 Å². The molecule has 0 amide bonds. The predicted octanol–water partition coefficient (Wildman–Crippen LogP) is 1.65. The van der Waals surface area contributed by atoms with Gasteiger partial charge in [-0.15, -0.1) is 12.6 Å². The first-order valence-corrected chi connectivity index (χ1v) is 4.31. The van der Waals surface area contributed by atoms with Crippen molar-refractivity contribution in [3.63, 3.8) is 0 Å². The van der Waals surface area contributed by atoms with Gasteiger partial charge in [-0.1, -0.05) is 12.1 Å². The molecular formula is C9H12N2OS. The maximum absolute atomic E-state index is 7.05. The summed E-state index contributed by atoms with van der Waals surface area (Å²) in [4.78, 5) is 0. The van der Waals surface area contributed by atoms with E-state index in [1.54, 1.807) is 7.11 Å². The Morgan fingerprint density at radius 3 is 2.54 bits per heavy atom. The van der Waals surface area contributed by atoms with Gasteiger partial charge in [-0.25, -0.2) is 0 Å². The Hall–Kier alpha value is -1.16. The van der Waals surface area contributed by atoms with Crippen molar-refractivity contribution in [3.05, 3.63) is 29.8 Å². The van der Waals surface area contributed by atoms with E-state index in [2.05, 4.69) is 17.9 Å². The standard InChI is InChI=1S/C9H12N2OS/c1-12-8-4-2-7(3-5-8)6-11-9(10)13/h2-5H,6H2,1H3,(H3,10,11,13). The second-order valence-corrected chi connectivity index (χ2v) is 3.00. The molecule has 0 unspecified atom stereocenters. The molecule has 3 nitrogen and oxygen atoms in total. The topological polar surface area (TPSA) is 45.1 Å². The summed E-state index contributed by atoms with van der Waals surface area (Å²) >= 11 is 3.81. The summed E-state index contributed by atoms with van der Waals surface area (Å²) in [6.07, 6.45) is 0. The number of thiol groups is 1. The van der Waals surface area contributed by atoms with Gasteiger partial charge in [0.15, 0.2) is 5.17 Å². The van der Waals surface area contributed by atoms with E-state index in [0.717, 1.165) is 11.3 Å². The zero-order valence-electron chi connectivity index (χ0n) is 7.37. The van der Waals surface area contributed by atoms with Gasteiger partial charge in [0.05, 0.1) is 7.11 Å². The average Bonchev–Trinajstić information content (AvgIpc) is 2.15. The fourth-order valence-electron chi connectivity index (χ4n) is 0.929. The van der Waals surface area contributed by atoms with Crippen molar-refractivity contribution in [2.75, 3.05) is 7.11 Å². The average molecular weight is 196 g/mol. The van der Waals surface area contributed by atoms with Crippen molar-refractivity contribution >= 4 is 17.8 Å². The third-order valence-electron chi connectivity index (χ3n) is 1.62. The molecule has 0 aliphatic carbocycles. The van der Waals surface area contributed by atoms with E-state index in [4.69, 9.17) is 10.1 Å². The quantitative estimate of drug-likeness (QED) is 0.391. The molecule has 0 saturated heterocycles. The van der Waals surface area contributed by atoms with E-state index in [-0.39, 0.29) is 5.17 Å². The van der Waals surface area contributed by atoms with Crippen LogP contribution in [0.1, 0.15) is 5.56 Å². The van der Waals surface area contributed by atoms with Crippen molar-refractivity contribution in [2.24, 2.45) is 0 Å². The lowest BCUT2D eigenvalue weighted by atomic mass is 10.2. The number of amidine groups is 1. The van der Waals surface area contributed by atoms with Gasteiger partial charge in [0.1, 0.15) is 5.75 Å². The van der Waals surface area contributed by atoms with Gasteiger partial charge in [-0.05, 0) is 17.7 Å². The highest BCUT2D eigenvalue weighted by atomic mass is 32.1.